The Bertz CT molecular complexity index is 723. The van der Waals surface area contributed by atoms with Gasteiger partial charge in [0, 0.05) is 6.07 Å². The van der Waals surface area contributed by atoms with Crippen LogP contribution in [0.2, 0.25) is 5.02 Å². The number of halogens is 3. The molecule has 0 heterocycles. The van der Waals surface area contributed by atoms with Crippen molar-refractivity contribution in [1.82, 2.24) is 0 Å². The molecule has 0 bridgehead atoms. The van der Waals surface area contributed by atoms with E-state index in [0.717, 1.165) is 12.1 Å². The monoisotopic (exact) mass is 340 g/mol. The van der Waals surface area contributed by atoms with Gasteiger partial charge in [0.1, 0.15) is 5.82 Å². The second-order valence-electron chi connectivity index (χ2n) is 4.46. The van der Waals surface area contributed by atoms with Crippen LogP contribution >= 0.6 is 11.6 Å². The third-order valence-corrected chi connectivity index (χ3v) is 3.15. The van der Waals surface area contributed by atoms with Gasteiger partial charge < -0.3 is 9.47 Å². The smallest absolute Gasteiger partial charge is 0.179 e. The van der Waals surface area contributed by atoms with Crippen molar-refractivity contribution in [2.24, 2.45) is 5.10 Å². The van der Waals surface area contributed by atoms with E-state index in [1.807, 2.05) is 6.92 Å². The average Bonchev–Trinajstić information content (AvgIpc) is 2.50. The van der Waals surface area contributed by atoms with Gasteiger partial charge in [-0.1, -0.05) is 11.6 Å². The van der Waals surface area contributed by atoms with E-state index in [-0.39, 0.29) is 5.69 Å². The molecule has 0 atom stereocenters. The Morgan fingerprint density at radius 2 is 2.04 bits per heavy atom. The summed E-state index contributed by atoms with van der Waals surface area (Å²) in [6.07, 6.45) is 1.44. The summed E-state index contributed by atoms with van der Waals surface area (Å²) in [5.41, 5.74) is 3.20. The number of hydrazone groups is 1. The highest BCUT2D eigenvalue weighted by Gasteiger charge is 2.10. The summed E-state index contributed by atoms with van der Waals surface area (Å²) in [6.45, 7) is 2.29. The first-order chi connectivity index (χ1) is 11.0. The first-order valence-electron chi connectivity index (χ1n) is 6.79. The van der Waals surface area contributed by atoms with Gasteiger partial charge in [0.05, 0.1) is 30.6 Å². The first kappa shape index (κ1) is 17.0. The zero-order valence-corrected chi connectivity index (χ0v) is 13.3. The topological polar surface area (TPSA) is 42.8 Å². The molecule has 0 aliphatic rings. The second kappa shape index (κ2) is 7.78. The molecule has 0 amide bonds. The van der Waals surface area contributed by atoms with Gasteiger partial charge in [-0.2, -0.15) is 5.10 Å². The molecule has 0 fully saturated rings. The molecule has 2 aromatic rings. The lowest BCUT2D eigenvalue weighted by molar-refractivity contribution is 0.311. The molecule has 23 heavy (non-hydrogen) atoms. The van der Waals surface area contributed by atoms with Gasteiger partial charge in [0.15, 0.2) is 17.3 Å². The van der Waals surface area contributed by atoms with E-state index in [1.165, 1.54) is 19.4 Å². The van der Waals surface area contributed by atoms with Crippen LogP contribution in [0.1, 0.15) is 12.5 Å². The summed E-state index contributed by atoms with van der Waals surface area (Å²) in [5.74, 6) is -0.467. The molecule has 0 radical (unpaired) electrons. The van der Waals surface area contributed by atoms with Crippen molar-refractivity contribution in [3.63, 3.8) is 0 Å². The van der Waals surface area contributed by atoms with E-state index >= 15 is 0 Å². The summed E-state index contributed by atoms with van der Waals surface area (Å²) in [5, 5.41) is 4.28. The van der Waals surface area contributed by atoms with Crippen LogP contribution in [0.25, 0.3) is 0 Å². The molecule has 4 nitrogen and oxygen atoms in total. The molecule has 0 aromatic heterocycles. The summed E-state index contributed by atoms with van der Waals surface area (Å²) in [6, 6.07) is 6.50. The van der Waals surface area contributed by atoms with Crippen molar-refractivity contribution in [2.75, 3.05) is 19.1 Å². The molecule has 1 N–H and O–H groups in total. The van der Waals surface area contributed by atoms with Gasteiger partial charge >= 0.3 is 0 Å². The van der Waals surface area contributed by atoms with Gasteiger partial charge in [0.25, 0.3) is 0 Å². The Balaban J connectivity index is 2.19. The molecule has 7 heteroatoms. The number of ether oxygens (including phenoxy) is 2. The zero-order chi connectivity index (χ0) is 16.8. The van der Waals surface area contributed by atoms with Crippen LogP contribution < -0.4 is 14.9 Å². The van der Waals surface area contributed by atoms with E-state index in [2.05, 4.69) is 10.5 Å². The maximum Gasteiger partial charge on any atom is 0.179 e. The van der Waals surface area contributed by atoms with E-state index in [1.54, 1.807) is 12.1 Å². The van der Waals surface area contributed by atoms with Gasteiger partial charge in [-0.05, 0) is 36.8 Å². The van der Waals surface area contributed by atoms with Gasteiger partial charge in [0.2, 0.25) is 0 Å². The first-order valence-corrected chi connectivity index (χ1v) is 7.17. The van der Waals surface area contributed by atoms with Gasteiger partial charge in [-0.3, -0.25) is 5.43 Å². The SMILES string of the molecule is CCOc1cc(/C=N\Nc2ccc(F)cc2F)cc(Cl)c1OC. The molecule has 0 aliphatic carbocycles. The third kappa shape index (κ3) is 4.32. The highest BCUT2D eigenvalue weighted by Crippen LogP contribution is 2.35. The number of nitrogens with one attached hydrogen (secondary N) is 1. The van der Waals surface area contributed by atoms with E-state index < -0.39 is 11.6 Å². The van der Waals surface area contributed by atoms with Crippen LogP contribution in [0.5, 0.6) is 11.5 Å². The molecular formula is C16H15ClF2N2O2. The molecule has 2 rings (SSSR count). The lowest BCUT2D eigenvalue weighted by Gasteiger charge is -2.11. The normalized spacial score (nSPS) is 10.8. The van der Waals surface area contributed by atoms with Crippen molar-refractivity contribution in [3.05, 3.63) is 52.6 Å². The van der Waals surface area contributed by atoms with Gasteiger partial charge in [-0.15, -0.1) is 0 Å². The Morgan fingerprint density at radius 1 is 1.26 bits per heavy atom. The maximum absolute atomic E-state index is 13.5. The molecule has 0 unspecified atom stereocenters. The molecule has 0 aliphatic heterocycles. The fraction of sp³-hybridized carbons (Fsp3) is 0.188. The van der Waals surface area contributed by atoms with E-state index in [0.29, 0.717) is 28.7 Å². The minimum Gasteiger partial charge on any atom is -0.491 e. The number of hydrogen-bond acceptors (Lipinski definition) is 4. The van der Waals surface area contributed by atoms with Crippen molar-refractivity contribution < 1.29 is 18.3 Å². The van der Waals surface area contributed by atoms with Crippen LogP contribution in [0.3, 0.4) is 0 Å². The maximum atomic E-state index is 13.5. The second-order valence-corrected chi connectivity index (χ2v) is 4.87. The number of anilines is 1. The Morgan fingerprint density at radius 3 is 2.70 bits per heavy atom. The molecule has 0 spiro atoms. The van der Waals surface area contributed by atoms with Crippen LogP contribution in [-0.2, 0) is 0 Å². The van der Waals surface area contributed by atoms with E-state index in [9.17, 15) is 8.78 Å². The number of hydrogen-bond donors (Lipinski definition) is 1. The predicted octanol–water partition coefficient (Wildman–Crippen LogP) is 4.47. The van der Waals surface area contributed by atoms with Crippen LogP contribution in [0.4, 0.5) is 14.5 Å². The number of methoxy groups -OCH3 is 1. The predicted molar refractivity (Wildman–Crippen MR) is 86.7 cm³/mol. The lowest BCUT2D eigenvalue weighted by Crippen LogP contribution is -1.98. The van der Waals surface area contributed by atoms with Crippen LogP contribution in [0, 0.1) is 11.6 Å². The minimum absolute atomic E-state index is 0.0623. The quantitative estimate of drug-likeness (QED) is 0.623. The van der Waals surface area contributed by atoms with Crippen LogP contribution in [0.15, 0.2) is 35.4 Å². The number of nitrogens with zero attached hydrogens (tertiary/aromatic N) is 1. The van der Waals surface area contributed by atoms with Crippen molar-refractivity contribution in [1.29, 1.82) is 0 Å². The molecule has 122 valence electrons. The Kier molecular flexibility index (Phi) is 5.76. The van der Waals surface area contributed by atoms with Crippen molar-refractivity contribution in [2.45, 2.75) is 6.92 Å². The third-order valence-electron chi connectivity index (χ3n) is 2.87. The van der Waals surface area contributed by atoms with Gasteiger partial charge in [-0.25, -0.2) is 8.78 Å². The largest absolute Gasteiger partial charge is 0.491 e. The lowest BCUT2D eigenvalue weighted by atomic mass is 10.2. The summed E-state index contributed by atoms with van der Waals surface area (Å²) >= 11 is 6.12. The molecular weight excluding hydrogens is 326 g/mol. The fourth-order valence-electron chi connectivity index (χ4n) is 1.88. The highest BCUT2D eigenvalue weighted by molar-refractivity contribution is 6.32. The molecule has 0 saturated carbocycles. The van der Waals surface area contributed by atoms with Crippen molar-refractivity contribution in [3.8, 4) is 11.5 Å². The summed E-state index contributed by atoms with van der Waals surface area (Å²) in [7, 11) is 1.50. The average molecular weight is 341 g/mol. The van der Waals surface area contributed by atoms with Crippen molar-refractivity contribution >= 4 is 23.5 Å². The highest BCUT2D eigenvalue weighted by atomic mass is 35.5. The molecule has 0 saturated heterocycles. The fourth-order valence-corrected chi connectivity index (χ4v) is 2.18. The Hall–Kier alpha value is -2.34. The Labute approximate surface area is 137 Å². The number of rotatable bonds is 6. The standard InChI is InChI=1S/C16H15ClF2N2O2/c1-3-23-15-7-10(6-12(17)16(15)22-2)9-20-21-14-5-4-11(18)8-13(14)19/h4-9,21H,3H2,1-2H3/b20-9-. The molecule has 2 aromatic carbocycles. The zero-order valence-electron chi connectivity index (χ0n) is 12.6. The van der Waals surface area contributed by atoms with E-state index in [4.69, 9.17) is 21.1 Å². The van der Waals surface area contributed by atoms with Crippen LogP contribution in [-0.4, -0.2) is 19.9 Å². The minimum atomic E-state index is -0.732. The summed E-state index contributed by atoms with van der Waals surface area (Å²) < 4.78 is 36.9. The number of benzene rings is 2. The summed E-state index contributed by atoms with van der Waals surface area (Å²) in [4.78, 5) is 0.